The lowest BCUT2D eigenvalue weighted by Crippen LogP contribution is -2.56. The number of ketones is 1. The summed E-state index contributed by atoms with van der Waals surface area (Å²) in [5.41, 5.74) is 2.59. The maximum absolute atomic E-state index is 13.0. The summed E-state index contributed by atoms with van der Waals surface area (Å²) in [6.45, 7) is 8.76. The quantitative estimate of drug-likeness (QED) is 0.725. The van der Waals surface area contributed by atoms with E-state index in [9.17, 15) is 9.59 Å². The number of hydrogen-bond acceptors (Lipinski definition) is 4. The fourth-order valence-corrected chi connectivity index (χ4v) is 4.93. The second kappa shape index (κ2) is 7.91. The van der Waals surface area contributed by atoms with Gasteiger partial charge >= 0.3 is 0 Å². The smallest absolute Gasteiger partial charge is 0.253 e. The number of nitrogens with zero attached hydrogens (tertiary/aromatic N) is 3. The summed E-state index contributed by atoms with van der Waals surface area (Å²) in [5, 5.41) is 0. The second-order valence-corrected chi connectivity index (χ2v) is 8.75. The minimum Gasteiger partial charge on any atom is -0.491 e. The van der Waals surface area contributed by atoms with E-state index in [0.29, 0.717) is 18.7 Å². The largest absolute Gasteiger partial charge is 0.491 e. The summed E-state index contributed by atoms with van der Waals surface area (Å²) >= 11 is 0. The molecule has 6 nitrogen and oxygen atoms in total. The van der Waals surface area contributed by atoms with Crippen LogP contribution in [0.3, 0.4) is 0 Å². The predicted molar refractivity (Wildman–Crippen MR) is 116 cm³/mol. The maximum atomic E-state index is 13.0. The van der Waals surface area contributed by atoms with E-state index in [-0.39, 0.29) is 23.3 Å². The van der Waals surface area contributed by atoms with E-state index in [2.05, 4.69) is 22.6 Å². The third kappa shape index (κ3) is 3.54. The van der Waals surface area contributed by atoms with E-state index >= 15 is 0 Å². The van der Waals surface area contributed by atoms with Crippen LogP contribution in [0, 0.1) is 0 Å². The lowest BCUT2D eigenvalue weighted by atomic mass is 9.81. The highest BCUT2D eigenvalue weighted by atomic mass is 16.5. The minimum absolute atomic E-state index is 0.0687. The number of rotatable bonds is 4. The van der Waals surface area contributed by atoms with Crippen LogP contribution in [0.5, 0.6) is 5.75 Å². The number of carbonyl (C=O) groups is 2. The van der Waals surface area contributed by atoms with Crippen LogP contribution in [0.2, 0.25) is 0 Å². The van der Waals surface area contributed by atoms with Crippen LogP contribution in [0.4, 0.5) is 0 Å². The van der Waals surface area contributed by atoms with Crippen LogP contribution in [0.1, 0.15) is 60.2 Å². The van der Waals surface area contributed by atoms with Gasteiger partial charge in [0, 0.05) is 44.4 Å². The molecule has 2 aromatic rings. The molecule has 1 aromatic carbocycles. The Morgan fingerprint density at radius 3 is 2.23 bits per heavy atom. The van der Waals surface area contributed by atoms with Gasteiger partial charge in [-0.2, -0.15) is 0 Å². The Kier molecular flexibility index (Phi) is 5.45. The van der Waals surface area contributed by atoms with Crippen molar-refractivity contribution in [3.8, 4) is 5.75 Å². The van der Waals surface area contributed by atoms with Gasteiger partial charge in [0.15, 0.2) is 5.78 Å². The number of Topliss-reactive ketones (excluding diaryl/α,β-unsaturated/α-hetero) is 1. The zero-order chi connectivity index (χ0) is 21.5. The van der Waals surface area contributed by atoms with E-state index in [1.165, 1.54) is 5.69 Å². The molecule has 0 unspecified atom stereocenters. The number of amides is 1. The van der Waals surface area contributed by atoms with Crippen molar-refractivity contribution in [1.29, 1.82) is 0 Å². The molecule has 1 fully saturated rings. The van der Waals surface area contributed by atoms with Crippen LogP contribution in [0.25, 0.3) is 0 Å². The van der Waals surface area contributed by atoms with Crippen molar-refractivity contribution in [2.75, 3.05) is 26.7 Å². The first-order valence-electron chi connectivity index (χ1n) is 10.8. The van der Waals surface area contributed by atoms with Crippen molar-refractivity contribution in [3.63, 3.8) is 0 Å². The van der Waals surface area contributed by atoms with Gasteiger partial charge in [-0.05, 0) is 70.1 Å². The molecule has 1 spiro atoms. The van der Waals surface area contributed by atoms with E-state index in [4.69, 9.17) is 4.74 Å². The molecule has 0 bridgehead atoms. The van der Waals surface area contributed by atoms with E-state index in [1.807, 2.05) is 49.1 Å². The summed E-state index contributed by atoms with van der Waals surface area (Å²) < 4.78 is 7.86. The predicted octanol–water partition coefficient (Wildman–Crippen LogP) is 3.55. The molecule has 1 amide bonds. The Hall–Kier alpha value is -2.60. The molecular weight excluding hydrogens is 378 g/mol. The van der Waals surface area contributed by atoms with Gasteiger partial charge in [0.1, 0.15) is 5.75 Å². The zero-order valence-corrected chi connectivity index (χ0v) is 18.4. The maximum Gasteiger partial charge on any atom is 0.253 e. The first-order valence-corrected chi connectivity index (χ1v) is 10.8. The fourth-order valence-electron chi connectivity index (χ4n) is 4.93. The molecule has 0 aliphatic carbocycles. The third-order valence-electron chi connectivity index (χ3n) is 6.56. The van der Waals surface area contributed by atoms with Crippen LogP contribution < -0.4 is 4.74 Å². The lowest BCUT2D eigenvalue weighted by Gasteiger charge is -2.50. The van der Waals surface area contributed by atoms with Crippen molar-refractivity contribution in [3.05, 3.63) is 53.3 Å². The normalized spacial score (nSPS) is 18.5. The fraction of sp³-hybridized carbons (Fsp3) is 0.500. The number of piperidine rings is 1. The first kappa shape index (κ1) is 20.7. The summed E-state index contributed by atoms with van der Waals surface area (Å²) in [7, 11) is 2.16. The summed E-state index contributed by atoms with van der Waals surface area (Å²) in [6, 6.07) is 11.5. The van der Waals surface area contributed by atoms with Gasteiger partial charge in [-0.15, -0.1) is 0 Å². The molecule has 1 aromatic heterocycles. The molecule has 0 N–H and O–H groups in total. The van der Waals surface area contributed by atoms with Crippen molar-refractivity contribution >= 4 is 11.7 Å². The van der Waals surface area contributed by atoms with Crippen molar-refractivity contribution in [1.82, 2.24) is 14.4 Å². The van der Waals surface area contributed by atoms with Crippen molar-refractivity contribution in [2.45, 2.75) is 51.8 Å². The summed E-state index contributed by atoms with van der Waals surface area (Å²) in [4.78, 5) is 29.4. The van der Waals surface area contributed by atoms with Gasteiger partial charge < -0.3 is 14.2 Å². The van der Waals surface area contributed by atoms with Crippen LogP contribution in [0.15, 0.2) is 36.4 Å². The Labute approximate surface area is 178 Å². The number of carbonyl (C=O) groups excluding carboxylic acids is 2. The molecule has 6 heteroatoms. The number of fused-ring (bicyclic) bond motifs is 2. The van der Waals surface area contributed by atoms with Gasteiger partial charge in [0.2, 0.25) is 0 Å². The topological polar surface area (TPSA) is 54.8 Å². The average molecular weight is 410 g/mol. The summed E-state index contributed by atoms with van der Waals surface area (Å²) in [6.07, 6.45) is 1.84. The number of likely N-dealkylation sites (tertiary alicyclic amines) is 1. The highest BCUT2D eigenvalue weighted by molar-refractivity contribution is 5.94. The molecule has 3 heterocycles. The van der Waals surface area contributed by atoms with Crippen LogP contribution in [-0.4, -0.2) is 58.8 Å². The molecule has 0 saturated carbocycles. The highest BCUT2D eigenvalue weighted by Crippen LogP contribution is 2.41. The number of likely N-dealkylation sites (N-methyl/N-ethyl adjacent to an activating group) is 1. The molecule has 2 aliphatic heterocycles. The molecule has 160 valence electrons. The van der Waals surface area contributed by atoms with Crippen LogP contribution in [-0.2, 0) is 12.1 Å². The lowest BCUT2D eigenvalue weighted by molar-refractivity contribution is 0.0128. The molecule has 2 aliphatic rings. The monoisotopic (exact) mass is 409 g/mol. The molecule has 0 radical (unpaired) electrons. The van der Waals surface area contributed by atoms with E-state index in [0.717, 1.165) is 37.4 Å². The third-order valence-corrected chi connectivity index (χ3v) is 6.56. The second-order valence-electron chi connectivity index (χ2n) is 8.75. The Morgan fingerprint density at radius 2 is 1.63 bits per heavy atom. The zero-order valence-electron chi connectivity index (χ0n) is 18.4. The van der Waals surface area contributed by atoms with Crippen LogP contribution >= 0.6 is 0 Å². The van der Waals surface area contributed by atoms with Gasteiger partial charge in [0.05, 0.1) is 17.3 Å². The average Bonchev–Trinajstić information content (AvgIpc) is 3.17. The number of ether oxygens (including phenoxy) is 1. The van der Waals surface area contributed by atoms with Crippen molar-refractivity contribution < 1.29 is 14.3 Å². The summed E-state index contributed by atoms with van der Waals surface area (Å²) in [5.74, 6) is 0.961. The number of hydrogen-bond donors (Lipinski definition) is 0. The Morgan fingerprint density at radius 1 is 0.967 bits per heavy atom. The van der Waals surface area contributed by atoms with Gasteiger partial charge in [-0.1, -0.05) is 0 Å². The number of benzene rings is 1. The molecular formula is C24H31N3O3. The van der Waals surface area contributed by atoms with Gasteiger partial charge in [-0.3, -0.25) is 14.5 Å². The number of aromatic nitrogens is 1. The SMILES string of the molecule is CC(=O)c1ccc2n1CCN(C)C21CCN(C(=O)c2ccc(OC(C)C)cc2)CC1. The Bertz CT molecular complexity index is 937. The molecule has 4 rings (SSSR count). The standard InChI is InChI=1S/C24H31N3O3/c1-17(2)30-20-7-5-19(6-8-20)23(29)26-13-11-24(12-14-26)22-10-9-21(18(3)28)27(22)16-15-25(24)4/h5-10,17H,11-16H2,1-4H3. The highest BCUT2D eigenvalue weighted by Gasteiger charge is 2.45. The van der Waals surface area contributed by atoms with E-state index in [1.54, 1.807) is 6.92 Å². The first-order chi connectivity index (χ1) is 14.3. The Balaban J connectivity index is 1.50. The minimum atomic E-state index is -0.113. The van der Waals surface area contributed by atoms with Gasteiger partial charge in [-0.25, -0.2) is 0 Å². The molecule has 30 heavy (non-hydrogen) atoms. The van der Waals surface area contributed by atoms with Gasteiger partial charge in [0.25, 0.3) is 5.91 Å². The molecule has 0 atom stereocenters. The van der Waals surface area contributed by atoms with E-state index < -0.39 is 0 Å². The molecule has 1 saturated heterocycles. The van der Waals surface area contributed by atoms with Crippen molar-refractivity contribution in [2.24, 2.45) is 0 Å².